The zero-order chi connectivity index (χ0) is 23.7. The van der Waals surface area contributed by atoms with E-state index < -0.39 is 5.91 Å². The van der Waals surface area contributed by atoms with Gasteiger partial charge in [0.15, 0.2) is 5.65 Å². The first-order valence-electron chi connectivity index (χ1n) is 10.8. The van der Waals surface area contributed by atoms with E-state index in [2.05, 4.69) is 20.5 Å². The largest absolute Gasteiger partial charge is 0.496 e. The number of nitrogens with one attached hydrogen (secondary N) is 1. The lowest BCUT2D eigenvalue weighted by Crippen LogP contribution is -2.31. The minimum atomic E-state index is -0.402. The molecule has 0 bridgehead atoms. The number of amides is 2. The third kappa shape index (κ3) is 4.19. The lowest BCUT2D eigenvalue weighted by atomic mass is 10.1. The zero-order valence-electron chi connectivity index (χ0n) is 18.4. The lowest BCUT2D eigenvalue weighted by Gasteiger charge is -2.14. The third-order valence-corrected chi connectivity index (χ3v) is 5.94. The van der Waals surface area contributed by atoms with Crippen LogP contribution in [-0.4, -0.2) is 61.3 Å². The Balaban J connectivity index is 1.51. The number of nitrogens with zero attached hydrogens (tertiary/aromatic N) is 6. The first-order chi connectivity index (χ1) is 16.5. The first kappa shape index (κ1) is 21.9. The number of hydrogen-bond donors (Lipinski definition) is 1. The van der Waals surface area contributed by atoms with Crippen LogP contribution in [0.4, 0.5) is 5.69 Å². The molecule has 1 aliphatic heterocycles. The van der Waals surface area contributed by atoms with Crippen molar-refractivity contribution in [3.63, 3.8) is 0 Å². The minimum Gasteiger partial charge on any atom is -0.496 e. The van der Waals surface area contributed by atoms with Gasteiger partial charge in [-0.05, 0) is 37.1 Å². The molecule has 4 aromatic rings. The van der Waals surface area contributed by atoms with Crippen molar-refractivity contribution in [2.24, 2.45) is 0 Å². The Hall–Kier alpha value is -3.92. The van der Waals surface area contributed by atoms with Crippen LogP contribution in [-0.2, 0) is 11.3 Å². The van der Waals surface area contributed by atoms with Crippen LogP contribution in [0.15, 0.2) is 49.1 Å². The van der Waals surface area contributed by atoms with Crippen molar-refractivity contribution < 1.29 is 14.3 Å². The molecule has 5 rings (SSSR count). The van der Waals surface area contributed by atoms with E-state index in [-0.39, 0.29) is 12.5 Å². The van der Waals surface area contributed by atoms with Gasteiger partial charge in [-0.15, -0.1) is 0 Å². The Morgan fingerprint density at radius 2 is 2.06 bits per heavy atom. The fourth-order valence-corrected chi connectivity index (χ4v) is 4.21. The van der Waals surface area contributed by atoms with Gasteiger partial charge in [0.25, 0.3) is 5.91 Å². The first-order valence-corrected chi connectivity index (χ1v) is 11.2. The maximum Gasteiger partial charge on any atom is 0.261 e. The number of hydrogen-bond acceptors (Lipinski definition) is 6. The molecule has 4 heterocycles. The molecule has 1 saturated heterocycles. The molecule has 10 nitrogen and oxygen atoms in total. The van der Waals surface area contributed by atoms with Crippen LogP contribution in [0.2, 0.25) is 5.02 Å². The highest BCUT2D eigenvalue weighted by Gasteiger charge is 2.23. The van der Waals surface area contributed by atoms with Gasteiger partial charge in [0.2, 0.25) is 5.91 Å². The summed E-state index contributed by atoms with van der Waals surface area (Å²) in [5, 5.41) is 12.2. The second-order valence-corrected chi connectivity index (χ2v) is 8.36. The van der Waals surface area contributed by atoms with Crippen molar-refractivity contribution in [3.8, 4) is 17.0 Å². The fraction of sp³-hybridized carbons (Fsp3) is 0.261. The highest BCUT2D eigenvalue weighted by molar-refractivity contribution is 6.31. The van der Waals surface area contributed by atoms with Gasteiger partial charge in [0, 0.05) is 42.3 Å². The highest BCUT2D eigenvalue weighted by Crippen LogP contribution is 2.36. The van der Waals surface area contributed by atoms with E-state index >= 15 is 0 Å². The summed E-state index contributed by atoms with van der Waals surface area (Å²) < 4.78 is 8.55. The van der Waals surface area contributed by atoms with Crippen molar-refractivity contribution in [1.82, 2.24) is 29.3 Å². The highest BCUT2D eigenvalue weighted by atomic mass is 35.5. The Morgan fingerprint density at radius 1 is 1.24 bits per heavy atom. The van der Waals surface area contributed by atoms with Crippen LogP contribution in [0.25, 0.3) is 16.9 Å². The molecule has 0 atom stereocenters. The van der Waals surface area contributed by atoms with Crippen LogP contribution in [0.5, 0.6) is 5.75 Å². The number of carbonyl (C=O) groups is 2. The van der Waals surface area contributed by atoms with Crippen LogP contribution in [0, 0.1) is 0 Å². The molecular formula is C23H22ClN7O3. The van der Waals surface area contributed by atoms with E-state index in [0.29, 0.717) is 38.9 Å². The van der Waals surface area contributed by atoms with E-state index in [4.69, 9.17) is 16.3 Å². The molecule has 0 unspecified atom stereocenters. The molecule has 0 radical (unpaired) electrons. The molecular weight excluding hydrogens is 458 g/mol. The number of fused-ring (bicyclic) bond motifs is 1. The summed E-state index contributed by atoms with van der Waals surface area (Å²) in [4.78, 5) is 31.9. The quantitative estimate of drug-likeness (QED) is 0.455. The molecule has 1 aliphatic rings. The number of rotatable bonds is 6. The van der Waals surface area contributed by atoms with Gasteiger partial charge >= 0.3 is 0 Å². The molecule has 174 valence electrons. The summed E-state index contributed by atoms with van der Waals surface area (Å²) in [6, 6.07) is 6.88. The molecule has 0 saturated carbocycles. The standard InChI is InChI=1S/C23H22ClN7O3/c1-34-19-6-5-15(24)11-16(19)21-18(13-30(28-21)14-20(32)29-8-2-3-9-29)27-23(33)17-12-26-31-10-4-7-25-22(17)31/h4-7,10-13H,2-3,8-9,14H2,1H3,(H,27,33). The minimum absolute atomic E-state index is 0.0192. The summed E-state index contributed by atoms with van der Waals surface area (Å²) in [6.45, 7) is 1.56. The van der Waals surface area contributed by atoms with Crippen molar-refractivity contribution in [1.29, 1.82) is 0 Å². The molecule has 1 fully saturated rings. The number of anilines is 1. The van der Waals surface area contributed by atoms with Crippen molar-refractivity contribution in [2.45, 2.75) is 19.4 Å². The number of carbonyl (C=O) groups excluding carboxylic acids is 2. The molecule has 2 amide bonds. The Labute approximate surface area is 200 Å². The molecule has 3 aromatic heterocycles. The number of methoxy groups -OCH3 is 1. The van der Waals surface area contributed by atoms with E-state index in [1.165, 1.54) is 15.4 Å². The second-order valence-electron chi connectivity index (χ2n) is 7.92. The van der Waals surface area contributed by atoms with Gasteiger partial charge in [-0.25, -0.2) is 9.50 Å². The second kappa shape index (κ2) is 9.14. The predicted octanol–water partition coefficient (Wildman–Crippen LogP) is 3.13. The molecule has 0 aliphatic carbocycles. The monoisotopic (exact) mass is 479 g/mol. The van der Waals surface area contributed by atoms with Crippen LogP contribution < -0.4 is 10.1 Å². The average Bonchev–Trinajstić information content (AvgIpc) is 3.59. The number of aromatic nitrogens is 5. The lowest BCUT2D eigenvalue weighted by molar-refractivity contribution is -0.130. The van der Waals surface area contributed by atoms with Crippen LogP contribution >= 0.6 is 11.6 Å². The number of benzene rings is 1. The summed E-state index contributed by atoms with van der Waals surface area (Å²) in [7, 11) is 1.55. The Kier molecular flexibility index (Phi) is 5.89. The maximum absolute atomic E-state index is 13.2. The third-order valence-electron chi connectivity index (χ3n) is 5.71. The summed E-state index contributed by atoms with van der Waals surface area (Å²) in [6.07, 6.45) is 8.41. The van der Waals surface area contributed by atoms with Crippen LogP contribution in [0.1, 0.15) is 23.2 Å². The Morgan fingerprint density at radius 3 is 2.85 bits per heavy atom. The topological polar surface area (TPSA) is 107 Å². The van der Waals surface area contributed by atoms with Gasteiger partial charge in [-0.2, -0.15) is 10.2 Å². The zero-order valence-corrected chi connectivity index (χ0v) is 19.2. The van der Waals surface area contributed by atoms with E-state index in [1.54, 1.807) is 50.0 Å². The van der Waals surface area contributed by atoms with E-state index in [0.717, 1.165) is 25.9 Å². The van der Waals surface area contributed by atoms with E-state index in [9.17, 15) is 9.59 Å². The van der Waals surface area contributed by atoms with Gasteiger partial charge in [0.05, 0.1) is 19.0 Å². The van der Waals surface area contributed by atoms with E-state index in [1.807, 2.05) is 4.90 Å². The average molecular weight is 480 g/mol. The number of ether oxygens (including phenoxy) is 1. The SMILES string of the molecule is COc1ccc(Cl)cc1-c1nn(CC(=O)N2CCCC2)cc1NC(=O)c1cnn2cccnc12. The van der Waals surface area contributed by atoms with Gasteiger partial charge in [0.1, 0.15) is 23.6 Å². The summed E-state index contributed by atoms with van der Waals surface area (Å²) in [5.74, 6) is 0.115. The molecule has 34 heavy (non-hydrogen) atoms. The van der Waals surface area contributed by atoms with Crippen molar-refractivity contribution in [3.05, 3.63) is 59.6 Å². The molecule has 0 spiro atoms. The summed E-state index contributed by atoms with van der Waals surface area (Å²) >= 11 is 6.25. The van der Waals surface area contributed by atoms with Gasteiger partial charge in [-0.3, -0.25) is 14.3 Å². The molecule has 11 heteroatoms. The van der Waals surface area contributed by atoms with Gasteiger partial charge in [-0.1, -0.05) is 11.6 Å². The maximum atomic E-state index is 13.2. The van der Waals surface area contributed by atoms with Crippen molar-refractivity contribution in [2.75, 3.05) is 25.5 Å². The predicted molar refractivity (Wildman–Crippen MR) is 126 cm³/mol. The molecule has 1 N–H and O–H groups in total. The number of halogens is 1. The van der Waals surface area contributed by atoms with Gasteiger partial charge < -0.3 is 15.0 Å². The molecule has 1 aromatic carbocycles. The number of likely N-dealkylation sites (tertiary alicyclic amines) is 1. The Bertz CT molecular complexity index is 1370. The van der Waals surface area contributed by atoms with Crippen LogP contribution in [0.3, 0.4) is 0 Å². The normalized spacial score (nSPS) is 13.4. The fourth-order valence-electron chi connectivity index (χ4n) is 4.04. The summed E-state index contributed by atoms with van der Waals surface area (Å²) in [5.41, 5.74) is 2.18. The smallest absolute Gasteiger partial charge is 0.261 e. The van der Waals surface area contributed by atoms with Crippen molar-refractivity contribution >= 4 is 34.7 Å².